The number of alkyl carbamates (subject to hydrolysis) is 1. The maximum atomic E-state index is 12.8. The van der Waals surface area contributed by atoms with Crippen LogP contribution >= 0.6 is 34.8 Å². The van der Waals surface area contributed by atoms with Gasteiger partial charge in [-0.25, -0.2) is 14.4 Å². The number of hydrogen-bond donors (Lipinski definition) is 1. The van der Waals surface area contributed by atoms with Gasteiger partial charge in [-0.2, -0.15) is 0 Å². The van der Waals surface area contributed by atoms with Gasteiger partial charge in [-0.1, -0.05) is 96.0 Å². The first-order valence-corrected chi connectivity index (χ1v) is 13.7. The molecular formula is C28H28Cl3NO8. The van der Waals surface area contributed by atoms with Crippen LogP contribution in [0.1, 0.15) is 29.9 Å². The summed E-state index contributed by atoms with van der Waals surface area (Å²) in [4.78, 5) is 37.6. The number of ether oxygens (including phenoxy) is 5. The van der Waals surface area contributed by atoms with Crippen molar-refractivity contribution in [3.63, 3.8) is 0 Å². The highest BCUT2D eigenvalue weighted by atomic mass is 35.6. The molecule has 3 atom stereocenters. The molecule has 0 saturated carbocycles. The third-order valence-electron chi connectivity index (χ3n) is 6.35. The molecule has 12 heteroatoms. The second kappa shape index (κ2) is 13.7. The molecule has 1 amide bonds. The summed E-state index contributed by atoms with van der Waals surface area (Å²) in [5, 5.41) is 2.58. The standard InChI is InChI=1S/C28H28Cl3NO8/c1-2-13-36-25(33)22(11-12-24-37-15-23(40-24)26(34)39-16-28(29,30)31)32-27(35)38-14-21-19-9-5-3-7-17(19)18-8-4-6-10-20(18)21/h2-10,21-24H,1,11-16H2,(H,32,35)/t22?,23-,24?/m0/s1. The van der Waals surface area contributed by atoms with Gasteiger partial charge in [0.25, 0.3) is 0 Å². The van der Waals surface area contributed by atoms with E-state index in [1.165, 1.54) is 6.08 Å². The van der Waals surface area contributed by atoms with Crippen LogP contribution in [-0.4, -0.2) is 66.7 Å². The molecule has 1 aliphatic carbocycles. The Balaban J connectivity index is 1.32. The van der Waals surface area contributed by atoms with Crippen molar-refractivity contribution in [2.45, 2.75) is 41.0 Å². The van der Waals surface area contributed by atoms with E-state index >= 15 is 0 Å². The van der Waals surface area contributed by atoms with Crippen LogP contribution in [0.2, 0.25) is 0 Å². The van der Waals surface area contributed by atoms with Gasteiger partial charge in [-0.15, -0.1) is 0 Å². The maximum Gasteiger partial charge on any atom is 0.407 e. The van der Waals surface area contributed by atoms with Crippen LogP contribution in [-0.2, 0) is 33.3 Å². The molecule has 40 heavy (non-hydrogen) atoms. The first kappa shape index (κ1) is 30.1. The largest absolute Gasteiger partial charge is 0.460 e. The number of fused-ring (bicyclic) bond motifs is 3. The predicted molar refractivity (Wildman–Crippen MR) is 148 cm³/mol. The van der Waals surface area contributed by atoms with Gasteiger partial charge in [-0.05, 0) is 28.7 Å². The van der Waals surface area contributed by atoms with Gasteiger partial charge >= 0.3 is 18.0 Å². The third kappa shape index (κ3) is 7.89. The minimum atomic E-state index is -1.75. The number of carbonyl (C=O) groups excluding carboxylic acids is 3. The second-order valence-corrected chi connectivity index (χ2v) is 11.6. The van der Waals surface area contributed by atoms with E-state index in [0.29, 0.717) is 0 Å². The quantitative estimate of drug-likeness (QED) is 0.162. The Bertz CT molecular complexity index is 1190. The topological polar surface area (TPSA) is 109 Å². The summed E-state index contributed by atoms with van der Waals surface area (Å²) in [5.74, 6) is -1.56. The summed E-state index contributed by atoms with van der Waals surface area (Å²) < 4.78 is 24.9. The van der Waals surface area contributed by atoms with E-state index in [1.807, 2.05) is 48.5 Å². The van der Waals surface area contributed by atoms with Gasteiger partial charge in [0.15, 0.2) is 12.4 Å². The summed E-state index contributed by atoms with van der Waals surface area (Å²) >= 11 is 16.8. The molecule has 2 aromatic carbocycles. The normalized spacial score (nSPS) is 18.8. The number of benzene rings is 2. The van der Waals surface area contributed by atoms with Gasteiger partial charge in [-0.3, -0.25) is 0 Å². The molecule has 1 N–H and O–H groups in total. The van der Waals surface area contributed by atoms with Crippen LogP contribution in [0.3, 0.4) is 0 Å². The molecule has 1 fully saturated rings. The lowest BCUT2D eigenvalue weighted by molar-refractivity contribution is -0.157. The van der Waals surface area contributed by atoms with Crippen LogP contribution in [0.25, 0.3) is 11.1 Å². The predicted octanol–water partition coefficient (Wildman–Crippen LogP) is 5.06. The Kier molecular flexibility index (Phi) is 10.3. The first-order valence-electron chi connectivity index (χ1n) is 12.6. The molecule has 0 spiro atoms. The third-order valence-corrected chi connectivity index (χ3v) is 6.67. The van der Waals surface area contributed by atoms with Crippen molar-refractivity contribution in [1.29, 1.82) is 0 Å². The smallest absolute Gasteiger partial charge is 0.407 e. The molecule has 0 radical (unpaired) electrons. The van der Waals surface area contributed by atoms with E-state index in [0.717, 1.165) is 22.3 Å². The van der Waals surface area contributed by atoms with Gasteiger partial charge in [0.05, 0.1) is 6.61 Å². The van der Waals surface area contributed by atoms with E-state index in [1.54, 1.807) is 0 Å². The number of nitrogens with one attached hydrogen (secondary N) is 1. The van der Waals surface area contributed by atoms with Crippen molar-refractivity contribution in [2.24, 2.45) is 0 Å². The summed E-state index contributed by atoms with van der Waals surface area (Å²) in [6.45, 7) is 3.06. The zero-order valence-electron chi connectivity index (χ0n) is 21.4. The Morgan fingerprint density at radius 1 is 1.02 bits per heavy atom. The first-order chi connectivity index (χ1) is 19.2. The average Bonchev–Trinajstić information content (AvgIpc) is 3.54. The monoisotopic (exact) mass is 611 g/mol. The summed E-state index contributed by atoms with van der Waals surface area (Å²) in [6, 6.07) is 14.9. The lowest BCUT2D eigenvalue weighted by Gasteiger charge is -2.20. The van der Waals surface area contributed by atoms with Crippen LogP contribution in [0.5, 0.6) is 0 Å². The number of rotatable bonds is 11. The van der Waals surface area contributed by atoms with Crippen molar-refractivity contribution in [3.05, 3.63) is 72.3 Å². The van der Waals surface area contributed by atoms with Gasteiger partial charge in [0.1, 0.15) is 25.9 Å². The maximum absolute atomic E-state index is 12.8. The highest BCUT2D eigenvalue weighted by Gasteiger charge is 2.36. The average molecular weight is 613 g/mol. The van der Waals surface area contributed by atoms with E-state index in [2.05, 4.69) is 11.9 Å². The van der Waals surface area contributed by atoms with Crippen LogP contribution in [0.4, 0.5) is 4.79 Å². The zero-order chi connectivity index (χ0) is 28.7. The van der Waals surface area contributed by atoms with Crippen LogP contribution < -0.4 is 5.32 Å². The Hall–Kier alpha value is -2.82. The van der Waals surface area contributed by atoms with Crippen LogP contribution in [0, 0.1) is 0 Å². The van der Waals surface area contributed by atoms with Gasteiger partial charge in [0.2, 0.25) is 3.79 Å². The highest BCUT2D eigenvalue weighted by Crippen LogP contribution is 2.44. The molecule has 214 valence electrons. The minimum absolute atomic E-state index is 0.0325. The number of hydrogen-bond acceptors (Lipinski definition) is 8. The molecular weight excluding hydrogens is 585 g/mol. The molecule has 0 bridgehead atoms. The fourth-order valence-electron chi connectivity index (χ4n) is 4.55. The molecule has 1 aliphatic heterocycles. The number of carbonyl (C=O) groups is 3. The fourth-order valence-corrected chi connectivity index (χ4v) is 4.72. The van der Waals surface area contributed by atoms with Crippen molar-refractivity contribution in [3.8, 4) is 11.1 Å². The number of alkyl halides is 3. The number of halogens is 3. The summed E-state index contributed by atoms with van der Waals surface area (Å²) in [6.07, 6.45) is -0.961. The minimum Gasteiger partial charge on any atom is -0.460 e. The Morgan fingerprint density at radius 2 is 1.68 bits per heavy atom. The Morgan fingerprint density at radius 3 is 2.30 bits per heavy atom. The fraction of sp³-hybridized carbons (Fsp3) is 0.393. The second-order valence-electron chi connectivity index (χ2n) is 9.13. The zero-order valence-corrected chi connectivity index (χ0v) is 23.6. The van der Waals surface area contributed by atoms with E-state index in [4.69, 9.17) is 58.5 Å². The van der Waals surface area contributed by atoms with E-state index < -0.39 is 46.9 Å². The van der Waals surface area contributed by atoms with Crippen molar-refractivity contribution < 1.29 is 38.1 Å². The molecule has 1 heterocycles. The van der Waals surface area contributed by atoms with Crippen molar-refractivity contribution in [1.82, 2.24) is 5.32 Å². The lowest BCUT2D eigenvalue weighted by atomic mass is 9.98. The van der Waals surface area contributed by atoms with Crippen LogP contribution in [0.15, 0.2) is 61.2 Å². The van der Waals surface area contributed by atoms with Gasteiger partial charge < -0.3 is 29.0 Å². The summed E-state index contributed by atoms with van der Waals surface area (Å²) in [7, 11) is 0. The molecule has 1 saturated heterocycles. The number of amides is 1. The molecule has 9 nitrogen and oxygen atoms in total. The molecule has 0 aromatic heterocycles. The summed E-state index contributed by atoms with van der Waals surface area (Å²) in [5.41, 5.74) is 4.33. The molecule has 2 aliphatic rings. The van der Waals surface area contributed by atoms with Crippen molar-refractivity contribution >= 4 is 52.8 Å². The molecule has 4 rings (SSSR count). The lowest BCUT2D eigenvalue weighted by Crippen LogP contribution is -2.43. The highest BCUT2D eigenvalue weighted by molar-refractivity contribution is 6.67. The van der Waals surface area contributed by atoms with E-state index in [9.17, 15) is 14.4 Å². The van der Waals surface area contributed by atoms with Crippen molar-refractivity contribution in [2.75, 3.05) is 26.4 Å². The SMILES string of the molecule is C=CCOC(=O)C(CCC1OC[C@@H](C(=O)OCC(Cl)(Cl)Cl)O1)NC(=O)OCC1c2ccccc2-c2ccccc21. The number of esters is 2. The Labute approximate surface area is 246 Å². The van der Waals surface area contributed by atoms with Gasteiger partial charge in [0, 0.05) is 12.3 Å². The van der Waals surface area contributed by atoms with E-state index in [-0.39, 0.29) is 38.6 Å². The molecule has 2 aromatic rings. The molecule has 2 unspecified atom stereocenters.